The molecule has 0 aromatic carbocycles. The summed E-state index contributed by atoms with van der Waals surface area (Å²) in [6.45, 7) is 11.4. The summed E-state index contributed by atoms with van der Waals surface area (Å²) in [5.41, 5.74) is 0.0999. The SMILES string of the molecule is CCCS(=O)(=O)CCC(C)(C)CCNC(C)C. The minimum atomic E-state index is -2.83. The van der Waals surface area contributed by atoms with Crippen molar-refractivity contribution in [3.05, 3.63) is 0 Å². The van der Waals surface area contributed by atoms with Gasteiger partial charge >= 0.3 is 0 Å². The van der Waals surface area contributed by atoms with E-state index in [0.717, 1.165) is 25.8 Å². The lowest BCUT2D eigenvalue weighted by molar-refractivity contribution is 0.312. The van der Waals surface area contributed by atoms with E-state index in [2.05, 4.69) is 33.0 Å². The van der Waals surface area contributed by atoms with E-state index in [4.69, 9.17) is 0 Å². The highest BCUT2D eigenvalue weighted by atomic mass is 32.2. The van der Waals surface area contributed by atoms with Gasteiger partial charge in [0.2, 0.25) is 0 Å². The van der Waals surface area contributed by atoms with Gasteiger partial charge in [0, 0.05) is 11.8 Å². The highest BCUT2D eigenvalue weighted by Crippen LogP contribution is 2.25. The molecule has 0 unspecified atom stereocenters. The fraction of sp³-hybridized carbons (Fsp3) is 1.00. The minimum absolute atomic E-state index is 0.0999. The first kappa shape index (κ1) is 16.9. The maximum Gasteiger partial charge on any atom is 0.150 e. The van der Waals surface area contributed by atoms with E-state index in [1.807, 2.05) is 6.92 Å². The Bertz CT molecular complexity index is 295. The summed E-state index contributed by atoms with van der Waals surface area (Å²) in [7, 11) is -2.83. The average Bonchev–Trinajstić information content (AvgIpc) is 2.14. The lowest BCUT2D eigenvalue weighted by Gasteiger charge is -2.25. The highest BCUT2D eigenvalue weighted by Gasteiger charge is 2.21. The zero-order chi connectivity index (χ0) is 13.5. The van der Waals surface area contributed by atoms with Crippen LogP contribution in [-0.2, 0) is 9.84 Å². The molecule has 0 saturated carbocycles. The van der Waals surface area contributed by atoms with Crippen LogP contribution < -0.4 is 5.32 Å². The summed E-state index contributed by atoms with van der Waals surface area (Å²) < 4.78 is 23.3. The normalized spacial score (nSPS) is 13.3. The molecule has 104 valence electrons. The molecule has 0 atom stereocenters. The fourth-order valence-electron chi connectivity index (χ4n) is 1.67. The van der Waals surface area contributed by atoms with E-state index in [1.54, 1.807) is 0 Å². The standard InChI is InChI=1S/C13H29NO2S/c1-6-10-17(15,16)11-8-13(4,5)7-9-14-12(2)3/h12,14H,6-11H2,1-5H3. The maximum absolute atomic E-state index is 11.6. The summed E-state index contributed by atoms with van der Waals surface area (Å²) in [6, 6.07) is 0.495. The second-order valence-corrected chi connectivity index (χ2v) is 8.23. The van der Waals surface area contributed by atoms with Crippen molar-refractivity contribution in [1.82, 2.24) is 5.32 Å². The molecule has 17 heavy (non-hydrogen) atoms. The predicted octanol–water partition coefficient (Wildman–Crippen LogP) is 2.62. The Morgan fingerprint density at radius 2 is 1.71 bits per heavy atom. The van der Waals surface area contributed by atoms with Crippen molar-refractivity contribution < 1.29 is 8.42 Å². The van der Waals surface area contributed by atoms with Crippen molar-refractivity contribution in [2.24, 2.45) is 5.41 Å². The monoisotopic (exact) mass is 263 g/mol. The maximum atomic E-state index is 11.6. The lowest BCUT2D eigenvalue weighted by atomic mass is 9.86. The van der Waals surface area contributed by atoms with Crippen LogP contribution in [0.25, 0.3) is 0 Å². The minimum Gasteiger partial charge on any atom is -0.315 e. The Morgan fingerprint density at radius 3 is 2.18 bits per heavy atom. The quantitative estimate of drug-likeness (QED) is 0.695. The molecule has 4 heteroatoms. The Hall–Kier alpha value is -0.0900. The van der Waals surface area contributed by atoms with E-state index >= 15 is 0 Å². The molecular formula is C13H29NO2S. The van der Waals surface area contributed by atoms with Gasteiger partial charge in [-0.25, -0.2) is 8.42 Å². The molecule has 0 radical (unpaired) electrons. The molecule has 0 aliphatic heterocycles. The first-order valence-electron chi connectivity index (χ1n) is 6.62. The highest BCUT2D eigenvalue weighted by molar-refractivity contribution is 7.91. The summed E-state index contributed by atoms with van der Waals surface area (Å²) in [5.74, 6) is 0.656. The topological polar surface area (TPSA) is 46.2 Å². The van der Waals surface area contributed by atoms with Crippen LogP contribution in [-0.4, -0.2) is 32.5 Å². The number of sulfone groups is 1. The molecule has 1 N–H and O–H groups in total. The van der Waals surface area contributed by atoms with E-state index in [9.17, 15) is 8.42 Å². The van der Waals surface area contributed by atoms with Crippen molar-refractivity contribution in [1.29, 1.82) is 0 Å². The molecule has 0 aliphatic carbocycles. The van der Waals surface area contributed by atoms with Gasteiger partial charge in [-0.05, 0) is 31.2 Å². The third-order valence-corrected chi connectivity index (χ3v) is 4.82. The first-order valence-corrected chi connectivity index (χ1v) is 8.44. The number of hydrogen-bond donors (Lipinski definition) is 1. The van der Waals surface area contributed by atoms with Crippen molar-refractivity contribution in [2.75, 3.05) is 18.1 Å². The number of nitrogens with one attached hydrogen (secondary N) is 1. The zero-order valence-corrected chi connectivity index (χ0v) is 12.9. The van der Waals surface area contributed by atoms with Gasteiger partial charge in [-0.1, -0.05) is 34.6 Å². The van der Waals surface area contributed by atoms with Gasteiger partial charge in [-0.15, -0.1) is 0 Å². The molecule has 0 aromatic heterocycles. The van der Waals surface area contributed by atoms with Crippen molar-refractivity contribution >= 4 is 9.84 Å². The molecule has 0 fully saturated rings. The molecule has 0 amide bonds. The van der Waals surface area contributed by atoms with Crippen molar-refractivity contribution in [3.63, 3.8) is 0 Å². The second-order valence-electron chi connectivity index (χ2n) is 5.92. The van der Waals surface area contributed by atoms with E-state index in [-0.39, 0.29) is 5.41 Å². The fourth-order valence-corrected chi connectivity index (χ4v) is 3.36. The zero-order valence-electron chi connectivity index (χ0n) is 12.0. The van der Waals surface area contributed by atoms with Crippen LogP contribution >= 0.6 is 0 Å². The van der Waals surface area contributed by atoms with E-state index in [1.165, 1.54) is 0 Å². The van der Waals surface area contributed by atoms with Gasteiger partial charge < -0.3 is 5.32 Å². The Kier molecular flexibility index (Phi) is 7.33. The van der Waals surface area contributed by atoms with Crippen molar-refractivity contribution in [3.8, 4) is 0 Å². The Labute approximate surface area is 107 Å². The molecule has 0 spiro atoms. The van der Waals surface area contributed by atoms with Gasteiger partial charge in [0.05, 0.1) is 5.75 Å². The molecule has 3 nitrogen and oxygen atoms in total. The van der Waals surface area contributed by atoms with Crippen LogP contribution in [0.1, 0.15) is 53.9 Å². The first-order chi connectivity index (χ1) is 7.68. The molecule has 0 aromatic rings. The molecule has 0 rings (SSSR count). The van der Waals surface area contributed by atoms with Gasteiger partial charge in [-0.3, -0.25) is 0 Å². The van der Waals surface area contributed by atoms with Gasteiger partial charge in [0.25, 0.3) is 0 Å². The van der Waals surface area contributed by atoms with Crippen molar-refractivity contribution in [2.45, 2.75) is 59.9 Å². The Balaban J connectivity index is 4.00. The summed E-state index contributed by atoms with van der Waals surface area (Å²) >= 11 is 0. The van der Waals surface area contributed by atoms with Gasteiger partial charge in [0.15, 0.2) is 0 Å². The third kappa shape index (κ3) is 9.60. The van der Waals surface area contributed by atoms with Crippen LogP contribution in [0.15, 0.2) is 0 Å². The molecular weight excluding hydrogens is 234 g/mol. The molecule has 0 aliphatic rings. The van der Waals surface area contributed by atoms with Crippen LogP contribution in [0, 0.1) is 5.41 Å². The second kappa shape index (κ2) is 7.37. The molecule has 0 heterocycles. The third-order valence-electron chi connectivity index (χ3n) is 2.96. The van der Waals surface area contributed by atoms with Crippen LogP contribution in [0.4, 0.5) is 0 Å². The Morgan fingerprint density at radius 1 is 1.12 bits per heavy atom. The van der Waals surface area contributed by atoms with Gasteiger partial charge in [0.1, 0.15) is 9.84 Å². The number of hydrogen-bond acceptors (Lipinski definition) is 3. The molecule has 0 bridgehead atoms. The van der Waals surface area contributed by atoms with E-state index < -0.39 is 9.84 Å². The average molecular weight is 263 g/mol. The van der Waals surface area contributed by atoms with Crippen LogP contribution in [0.2, 0.25) is 0 Å². The van der Waals surface area contributed by atoms with E-state index in [0.29, 0.717) is 17.5 Å². The smallest absolute Gasteiger partial charge is 0.150 e. The summed E-state index contributed by atoms with van der Waals surface area (Å²) in [5, 5.41) is 3.37. The largest absolute Gasteiger partial charge is 0.315 e. The lowest BCUT2D eigenvalue weighted by Crippen LogP contribution is -2.29. The van der Waals surface area contributed by atoms with Crippen LogP contribution in [0.5, 0.6) is 0 Å². The van der Waals surface area contributed by atoms with Crippen LogP contribution in [0.3, 0.4) is 0 Å². The molecule has 0 saturated heterocycles. The predicted molar refractivity (Wildman–Crippen MR) is 75.1 cm³/mol. The van der Waals surface area contributed by atoms with Gasteiger partial charge in [-0.2, -0.15) is 0 Å². The summed E-state index contributed by atoms with van der Waals surface area (Å²) in [4.78, 5) is 0. The number of rotatable bonds is 9. The summed E-state index contributed by atoms with van der Waals surface area (Å²) in [6.07, 6.45) is 2.50.